The van der Waals surface area contributed by atoms with Gasteiger partial charge in [0.2, 0.25) is 0 Å². The van der Waals surface area contributed by atoms with Gasteiger partial charge < -0.3 is 42.0 Å². The molecule has 11 aromatic carbocycles. The Morgan fingerprint density at radius 1 is 0.336 bits per heavy atom. The van der Waals surface area contributed by atoms with Gasteiger partial charge >= 0.3 is 6.18 Å². The summed E-state index contributed by atoms with van der Waals surface area (Å²) in [5, 5.41) is 25.3. The Morgan fingerprint density at radius 2 is 0.752 bits per heavy atom. The predicted molar refractivity (Wildman–Crippen MR) is 479 cm³/mol. The zero-order valence-electron chi connectivity index (χ0n) is 69.8. The maximum Gasteiger partial charge on any atom is 0.416 e. The molecule has 0 heterocycles. The molecule has 11 rings (SSSR count). The quantitative estimate of drug-likeness (QED) is 0.0249. The summed E-state index contributed by atoms with van der Waals surface area (Å²) in [5.74, 6) is 2.67. The van der Waals surface area contributed by atoms with Crippen molar-refractivity contribution in [1.29, 1.82) is 0 Å². The summed E-state index contributed by atoms with van der Waals surface area (Å²) in [4.78, 5) is 0. The van der Waals surface area contributed by atoms with Gasteiger partial charge in [0.15, 0.2) is 0 Å². The number of hydrogen-bond acceptors (Lipinski definition) is 8. The van der Waals surface area contributed by atoms with Crippen molar-refractivity contribution < 1.29 is 17.9 Å². The Balaban J connectivity index is 0.000000237. The third-order valence-electron chi connectivity index (χ3n) is 17.7. The number of rotatable bonds is 29. The minimum Gasteiger partial charge on any atom is -0.457 e. The van der Waals surface area contributed by atoms with Crippen LogP contribution in [-0.4, -0.2) is 48.8 Å². The van der Waals surface area contributed by atoms with Crippen LogP contribution in [0.2, 0.25) is 10.0 Å². The summed E-state index contributed by atoms with van der Waals surface area (Å²) < 4.78 is 43.5. The monoisotopic (exact) mass is 1570 g/mol. The molecule has 0 saturated carbocycles. The van der Waals surface area contributed by atoms with E-state index in [1.165, 1.54) is 67.8 Å². The first kappa shape index (κ1) is 94.9. The minimum absolute atomic E-state index is 0.172. The number of halogens is 5. The number of para-hydroxylation sites is 1. The average Bonchev–Trinajstić information content (AvgIpc) is 0.730. The van der Waals surface area contributed by atoms with Crippen molar-refractivity contribution in [2.45, 2.75) is 216 Å². The van der Waals surface area contributed by atoms with Crippen LogP contribution in [-0.2, 0) is 45.3 Å². The fourth-order valence-corrected chi connectivity index (χ4v) is 12.0. The zero-order chi connectivity index (χ0) is 82.3. The number of ether oxygens (including phenoxy) is 1. The Labute approximate surface area is 688 Å². The van der Waals surface area contributed by atoms with E-state index < -0.39 is 11.7 Å². The molecule has 8 nitrogen and oxygen atoms in total. The maximum atomic E-state index is 12.5. The van der Waals surface area contributed by atoms with Crippen LogP contribution in [0.25, 0.3) is 11.1 Å². The van der Waals surface area contributed by atoms with Crippen molar-refractivity contribution in [1.82, 2.24) is 37.2 Å². The van der Waals surface area contributed by atoms with Crippen LogP contribution < -0.4 is 42.0 Å². The maximum absolute atomic E-state index is 12.5. The van der Waals surface area contributed by atoms with Gasteiger partial charge in [0, 0.05) is 109 Å². The molecule has 0 spiro atoms. The van der Waals surface area contributed by atoms with E-state index in [4.69, 9.17) is 27.9 Å². The second-order valence-electron chi connectivity index (χ2n) is 30.4. The van der Waals surface area contributed by atoms with E-state index in [1.54, 1.807) is 6.07 Å². The fraction of sp³-hybridized carbons (Fsp3) is 0.340. The van der Waals surface area contributed by atoms with Crippen molar-refractivity contribution in [2.24, 2.45) is 0 Å². The molecule has 0 aliphatic rings. The molecule has 11 aromatic rings. The third kappa shape index (κ3) is 39.8. The van der Waals surface area contributed by atoms with Gasteiger partial charge in [-0.15, -0.1) is 0 Å². The van der Waals surface area contributed by atoms with Crippen molar-refractivity contribution in [3.63, 3.8) is 0 Å². The molecular formula is C100H128Cl2F3N7O. The van der Waals surface area contributed by atoms with Crippen molar-refractivity contribution in [3.8, 4) is 22.6 Å². The highest BCUT2D eigenvalue weighted by atomic mass is 35.5. The molecule has 0 aromatic heterocycles. The first-order chi connectivity index (χ1) is 54.1. The first-order valence-corrected chi connectivity index (χ1v) is 40.9. The van der Waals surface area contributed by atoms with Crippen molar-refractivity contribution in [2.75, 3.05) is 6.54 Å². The van der Waals surface area contributed by atoms with Gasteiger partial charge in [0.25, 0.3) is 0 Å². The van der Waals surface area contributed by atoms with Gasteiger partial charge in [-0.1, -0.05) is 389 Å². The topological polar surface area (TPSA) is 93.4 Å². The molecule has 1 atom stereocenters. The van der Waals surface area contributed by atoms with Crippen LogP contribution >= 0.6 is 23.2 Å². The molecule has 7 N–H and O–H groups in total. The standard InChI is InChI=1S/2C17H21N.C16H18ClNO.C16H19N.C13H21N.C11H14F3N.C10H14ClN/c1-14(2)18-13-17(15-9-5-3-6-10-15)16-11-7-4-8-12-16;1-14(2)18-17(16-11-7-4-8-12-16)13-15-9-5-3-6-10-15;1-12(2)18-11-14-15(17)9-6-10-16(14)19-13-7-4-3-5-8-13;1-13(2)17-12-15-10-6-7-11-16(15)14-8-4-3-5-9-14;1-10(2)13-7-5-12(6-8-13)9-14-11(3)4;1-8(2)15-7-9-5-3-4-6-10(9)11(12,13)14;1-8(2)12-7-9-4-3-5-10(11)6-9/h2*3-12,14,17-18H,13H2,1-2H3;3-10,12,18H,11H2,1-2H3;3-11,13,17H,12H2,1-2H3;5-8,10-11,14H,9H2,1-4H3;3-6,8,15H,7H2,1-2H3;3-6,8,12H,7H2,1-2H3. The molecule has 113 heavy (non-hydrogen) atoms. The van der Waals surface area contributed by atoms with E-state index in [9.17, 15) is 13.2 Å². The molecule has 0 aliphatic carbocycles. The Kier molecular flexibility index (Phi) is 44.8. The van der Waals surface area contributed by atoms with Gasteiger partial charge in [-0.25, -0.2) is 0 Å². The van der Waals surface area contributed by atoms with Crippen LogP contribution in [0.4, 0.5) is 13.2 Å². The Bertz CT molecular complexity index is 4210. The van der Waals surface area contributed by atoms with Gasteiger partial charge in [0.1, 0.15) is 11.5 Å². The van der Waals surface area contributed by atoms with E-state index in [2.05, 4.69) is 340 Å². The van der Waals surface area contributed by atoms with E-state index in [1.807, 2.05) is 80.6 Å². The summed E-state index contributed by atoms with van der Waals surface area (Å²) in [6.45, 7) is 38.9. The SMILES string of the molecule is CC(C)NC(Cc1ccccc1)c1ccccc1.CC(C)NCC(c1ccccc1)c1ccccc1.CC(C)NCc1c(Cl)cccc1Oc1ccccc1.CC(C)NCc1ccc(C(C)C)cc1.CC(C)NCc1cccc(Cl)c1.CC(C)NCc1ccccc1-c1ccccc1.CC(C)NCc1ccccc1C(F)(F)F. The third-order valence-corrected chi connectivity index (χ3v) is 18.3. The van der Waals surface area contributed by atoms with Crippen LogP contribution in [0.5, 0.6) is 11.5 Å². The number of nitrogens with one attached hydrogen (secondary N) is 7. The lowest BCUT2D eigenvalue weighted by atomic mass is 9.91. The summed E-state index contributed by atoms with van der Waals surface area (Å²) >= 11 is 12.1. The zero-order valence-corrected chi connectivity index (χ0v) is 71.3. The van der Waals surface area contributed by atoms with Gasteiger partial charge in [0.05, 0.1) is 5.56 Å². The normalized spacial score (nSPS) is 11.3. The molecule has 0 bridgehead atoms. The number of benzene rings is 11. The minimum atomic E-state index is -4.27. The molecule has 1 unspecified atom stereocenters. The molecule has 0 radical (unpaired) electrons. The average molecular weight is 1570 g/mol. The van der Waals surface area contributed by atoms with Crippen LogP contribution in [0.15, 0.2) is 297 Å². The second-order valence-corrected chi connectivity index (χ2v) is 31.3. The molecule has 0 aliphatic heterocycles. The van der Waals surface area contributed by atoms with Crippen LogP contribution in [0, 0.1) is 0 Å². The molecule has 0 amide bonds. The van der Waals surface area contributed by atoms with Gasteiger partial charge in [-0.2, -0.15) is 13.2 Å². The Morgan fingerprint density at radius 3 is 1.25 bits per heavy atom. The van der Waals surface area contributed by atoms with Crippen molar-refractivity contribution in [3.05, 3.63) is 368 Å². The van der Waals surface area contributed by atoms with Crippen LogP contribution in [0.3, 0.4) is 0 Å². The number of alkyl halides is 3. The predicted octanol–water partition coefficient (Wildman–Crippen LogP) is 25.6. The first-order valence-electron chi connectivity index (χ1n) is 40.1. The summed E-state index contributed by atoms with van der Waals surface area (Å²) in [5.41, 5.74) is 14.2. The summed E-state index contributed by atoms with van der Waals surface area (Å²) in [6.07, 6.45) is -3.24. The molecule has 0 saturated heterocycles. The lowest BCUT2D eigenvalue weighted by Gasteiger charge is -2.22. The lowest BCUT2D eigenvalue weighted by molar-refractivity contribution is -0.138. The molecule has 604 valence electrons. The molecular weight excluding hydrogens is 1440 g/mol. The highest BCUT2D eigenvalue weighted by molar-refractivity contribution is 6.31. The van der Waals surface area contributed by atoms with E-state index in [0.717, 1.165) is 65.8 Å². The molecule has 0 fully saturated rings. The van der Waals surface area contributed by atoms with Crippen LogP contribution in [0.1, 0.15) is 190 Å². The van der Waals surface area contributed by atoms with E-state index >= 15 is 0 Å². The van der Waals surface area contributed by atoms with E-state index in [0.29, 0.717) is 66.2 Å². The van der Waals surface area contributed by atoms with Gasteiger partial charge in [-0.3, -0.25) is 0 Å². The highest BCUT2D eigenvalue weighted by Gasteiger charge is 2.32. The lowest BCUT2D eigenvalue weighted by Crippen LogP contribution is -2.29. The smallest absolute Gasteiger partial charge is 0.416 e. The number of hydrogen-bond donors (Lipinski definition) is 7. The largest absolute Gasteiger partial charge is 0.457 e. The van der Waals surface area contributed by atoms with E-state index in [-0.39, 0.29) is 12.6 Å². The fourth-order valence-electron chi connectivity index (χ4n) is 11.6. The van der Waals surface area contributed by atoms with Gasteiger partial charge in [-0.05, 0) is 116 Å². The summed E-state index contributed by atoms with van der Waals surface area (Å²) in [7, 11) is 0. The highest BCUT2D eigenvalue weighted by Crippen LogP contribution is 2.33. The van der Waals surface area contributed by atoms with Crippen molar-refractivity contribution >= 4 is 23.2 Å². The summed E-state index contributed by atoms with van der Waals surface area (Å²) in [6, 6.07) is 103. The molecule has 13 heteroatoms. The Hall–Kier alpha value is -8.69. The second kappa shape index (κ2) is 53.4.